The van der Waals surface area contributed by atoms with Gasteiger partial charge in [0.05, 0.1) is 0 Å². The number of rotatable bonds is 0. The summed E-state index contributed by atoms with van der Waals surface area (Å²) in [4.78, 5) is 11.4. The molecule has 1 aromatic carbocycles. The summed E-state index contributed by atoms with van der Waals surface area (Å²) in [6, 6.07) is 4.93. The third-order valence-electron chi connectivity index (χ3n) is 3.93. The summed E-state index contributed by atoms with van der Waals surface area (Å²) in [5.74, 6) is 0.122. The second-order valence-corrected chi connectivity index (χ2v) is 5.70. The zero-order chi connectivity index (χ0) is 12.0. The number of fused-ring (bicyclic) bond motifs is 2. The normalized spacial score (nSPS) is 21.5. The van der Waals surface area contributed by atoms with Crippen LogP contribution in [0.5, 0.6) is 0 Å². The van der Waals surface area contributed by atoms with Crippen LogP contribution in [0.1, 0.15) is 36.8 Å². The Labute approximate surface area is 108 Å². The summed E-state index contributed by atoms with van der Waals surface area (Å²) in [6.45, 7) is 0. The van der Waals surface area contributed by atoms with E-state index in [1.165, 1.54) is 6.07 Å². The molecule has 0 bridgehead atoms. The lowest BCUT2D eigenvalue weighted by molar-refractivity contribution is -0.121. The Balaban J connectivity index is 2.10. The fourth-order valence-electron chi connectivity index (χ4n) is 2.94. The Morgan fingerprint density at radius 1 is 1.24 bits per heavy atom. The van der Waals surface area contributed by atoms with Gasteiger partial charge < -0.3 is 0 Å². The summed E-state index contributed by atoms with van der Waals surface area (Å²) in [6.07, 6.45) is 4.83. The lowest BCUT2D eigenvalue weighted by atomic mass is 9.70. The first-order chi connectivity index (χ1) is 8.12. The molecule has 2 aliphatic carbocycles. The van der Waals surface area contributed by atoms with Crippen LogP contribution in [0.4, 0.5) is 4.39 Å². The molecule has 0 atom stereocenters. The molecule has 0 aliphatic heterocycles. The number of Topliss-reactive ketones (excluding diaryl/α,β-unsaturated/α-hetero) is 1. The monoisotopic (exact) mass is 294 g/mol. The van der Waals surface area contributed by atoms with Crippen molar-refractivity contribution in [2.24, 2.45) is 0 Å². The fourth-order valence-corrected chi connectivity index (χ4v) is 3.79. The van der Waals surface area contributed by atoms with Crippen LogP contribution in [0.15, 0.2) is 22.7 Å². The van der Waals surface area contributed by atoms with Gasteiger partial charge in [0.25, 0.3) is 0 Å². The Morgan fingerprint density at radius 3 is 2.65 bits per heavy atom. The Kier molecular flexibility index (Phi) is 2.47. The third kappa shape index (κ3) is 1.60. The largest absolute Gasteiger partial charge is 0.300 e. The molecule has 88 valence electrons. The number of ketones is 1. The van der Waals surface area contributed by atoms with E-state index in [-0.39, 0.29) is 11.2 Å². The summed E-state index contributed by atoms with van der Waals surface area (Å²) >= 11 is 3.61. The highest BCUT2D eigenvalue weighted by atomic mass is 79.9. The smallest absolute Gasteiger partial charge is 0.133 e. The van der Waals surface area contributed by atoms with Crippen molar-refractivity contribution in [3.05, 3.63) is 39.6 Å². The first-order valence-corrected chi connectivity index (χ1v) is 6.60. The Hall–Kier alpha value is -0.960. The maximum Gasteiger partial charge on any atom is 0.133 e. The highest BCUT2D eigenvalue weighted by Crippen LogP contribution is 2.52. The molecule has 2 aliphatic rings. The lowest BCUT2D eigenvalue weighted by Gasteiger charge is -2.35. The van der Waals surface area contributed by atoms with Crippen LogP contribution < -0.4 is 0 Å². The van der Waals surface area contributed by atoms with Crippen LogP contribution in [-0.4, -0.2) is 5.78 Å². The lowest BCUT2D eigenvalue weighted by Crippen LogP contribution is -2.30. The predicted octanol–water partition coefficient (Wildman–Crippen LogP) is 3.96. The van der Waals surface area contributed by atoms with E-state index >= 15 is 0 Å². The van der Waals surface area contributed by atoms with E-state index in [1.807, 2.05) is 6.07 Å². The molecule has 3 rings (SSSR count). The minimum absolute atomic E-state index is 0.147. The molecule has 1 nitrogen and oxygen atoms in total. The van der Waals surface area contributed by atoms with E-state index in [1.54, 1.807) is 6.07 Å². The van der Waals surface area contributed by atoms with E-state index in [4.69, 9.17) is 0 Å². The van der Waals surface area contributed by atoms with Crippen molar-refractivity contribution in [1.29, 1.82) is 0 Å². The average molecular weight is 295 g/mol. The number of hydrogen-bond donors (Lipinski definition) is 0. The topological polar surface area (TPSA) is 17.1 Å². The van der Waals surface area contributed by atoms with Gasteiger partial charge in [0.2, 0.25) is 0 Å². The predicted molar refractivity (Wildman–Crippen MR) is 68.5 cm³/mol. The van der Waals surface area contributed by atoms with Gasteiger partial charge in [-0.15, -0.1) is 0 Å². The first-order valence-electron chi connectivity index (χ1n) is 5.81. The summed E-state index contributed by atoms with van der Waals surface area (Å²) < 4.78 is 14.5. The highest BCUT2D eigenvalue weighted by molar-refractivity contribution is 9.11. The van der Waals surface area contributed by atoms with Crippen LogP contribution in [0.3, 0.4) is 0 Å². The molecular weight excluding hydrogens is 283 g/mol. The number of hydrogen-bond acceptors (Lipinski definition) is 1. The summed E-state index contributed by atoms with van der Waals surface area (Å²) in [5.41, 5.74) is 1.97. The van der Waals surface area contributed by atoms with Crippen molar-refractivity contribution >= 4 is 27.8 Å². The van der Waals surface area contributed by atoms with Crippen LogP contribution in [-0.2, 0) is 10.2 Å². The van der Waals surface area contributed by atoms with Crippen LogP contribution in [0.2, 0.25) is 0 Å². The average Bonchev–Trinajstić information content (AvgIpc) is 2.57. The quantitative estimate of drug-likeness (QED) is 0.708. The van der Waals surface area contributed by atoms with Gasteiger partial charge in [-0.25, -0.2) is 4.39 Å². The molecule has 0 saturated heterocycles. The maximum atomic E-state index is 13.4. The minimum Gasteiger partial charge on any atom is -0.300 e. The summed E-state index contributed by atoms with van der Waals surface area (Å²) in [7, 11) is 0. The van der Waals surface area contributed by atoms with Gasteiger partial charge in [-0.05, 0) is 42.2 Å². The number of allylic oxidation sites excluding steroid dienone is 1. The molecule has 0 amide bonds. The second-order valence-electron chi connectivity index (χ2n) is 4.84. The summed E-state index contributed by atoms with van der Waals surface area (Å²) in [5, 5.41) is 0. The van der Waals surface area contributed by atoms with Gasteiger partial charge >= 0.3 is 0 Å². The fraction of sp³-hybridized carbons (Fsp3) is 0.357. The molecule has 1 aromatic rings. The maximum absolute atomic E-state index is 13.4. The van der Waals surface area contributed by atoms with Crippen LogP contribution >= 0.6 is 15.9 Å². The van der Waals surface area contributed by atoms with Crippen molar-refractivity contribution in [2.75, 3.05) is 0 Å². The molecule has 1 saturated carbocycles. The molecule has 0 aromatic heterocycles. The molecule has 3 heteroatoms. The minimum atomic E-state index is -0.198. The first kappa shape index (κ1) is 11.1. The van der Waals surface area contributed by atoms with E-state index in [0.717, 1.165) is 28.5 Å². The van der Waals surface area contributed by atoms with Crippen molar-refractivity contribution in [3.63, 3.8) is 0 Å². The zero-order valence-electron chi connectivity index (χ0n) is 9.30. The van der Waals surface area contributed by atoms with Crippen molar-refractivity contribution < 1.29 is 9.18 Å². The molecule has 1 spiro atoms. The number of carbonyl (C=O) groups is 1. The zero-order valence-corrected chi connectivity index (χ0v) is 10.9. The number of benzene rings is 1. The second kappa shape index (κ2) is 3.77. The van der Waals surface area contributed by atoms with Crippen molar-refractivity contribution in [2.45, 2.75) is 31.1 Å². The van der Waals surface area contributed by atoms with Crippen molar-refractivity contribution in [1.82, 2.24) is 0 Å². The van der Waals surface area contributed by atoms with Gasteiger partial charge in [-0.2, -0.15) is 0 Å². The van der Waals surface area contributed by atoms with Crippen molar-refractivity contribution in [3.8, 4) is 0 Å². The Morgan fingerprint density at radius 2 is 1.94 bits per heavy atom. The number of halogens is 2. The molecule has 0 N–H and O–H groups in total. The van der Waals surface area contributed by atoms with Gasteiger partial charge in [0.15, 0.2) is 0 Å². The van der Waals surface area contributed by atoms with Gasteiger partial charge in [-0.3, -0.25) is 4.79 Å². The van der Waals surface area contributed by atoms with Gasteiger partial charge in [0, 0.05) is 22.7 Å². The van der Waals surface area contributed by atoms with E-state index in [9.17, 15) is 9.18 Å². The standard InChI is InChI=1S/C14H12BrFO/c15-13-7-9-1-2-10(16)8-12(9)14(13)5-3-11(17)4-6-14/h1-2,7-8H,3-6H2. The van der Waals surface area contributed by atoms with Gasteiger partial charge in [-0.1, -0.05) is 22.0 Å². The number of carbonyl (C=O) groups excluding carboxylic acids is 1. The van der Waals surface area contributed by atoms with E-state index in [0.29, 0.717) is 18.6 Å². The molecule has 0 heterocycles. The molecule has 0 unspecified atom stereocenters. The molecule has 0 radical (unpaired) electrons. The van der Waals surface area contributed by atoms with Gasteiger partial charge in [0.1, 0.15) is 11.6 Å². The van der Waals surface area contributed by atoms with Crippen LogP contribution in [0.25, 0.3) is 6.08 Å². The third-order valence-corrected chi connectivity index (χ3v) is 4.92. The van der Waals surface area contributed by atoms with Crippen LogP contribution in [0, 0.1) is 5.82 Å². The van der Waals surface area contributed by atoms with E-state index < -0.39 is 0 Å². The van der Waals surface area contributed by atoms with E-state index in [2.05, 4.69) is 22.0 Å². The SMILES string of the molecule is O=C1CCC2(CC1)C(Br)=Cc1ccc(F)cc12. The highest BCUT2D eigenvalue weighted by Gasteiger charge is 2.43. The molecular formula is C14H12BrFO. The Bertz CT molecular complexity index is 523. The molecule has 1 fully saturated rings. The molecule has 17 heavy (non-hydrogen) atoms.